The molecule has 1 N–H and O–H groups in total. The number of nitrogens with zero attached hydrogens (tertiary/aromatic N) is 1. The van der Waals surface area contributed by atoms with Crippen molar-refractivity contribution in [2.45, 2.75) is 6.61 Å². The number of hydrogen-bond acceptors (Lipinski definition) is 3. The van der Waals surface area contributed by atoms with Crippen molar-refractivity contribution >= 4 is 34.8 Å². The van der Waals surface area contributed by atoms with Gasteiger partial charge in [-0.15, -0.1) is 0 Å². The van der Waals surface area contributed by atoms with Crippen LogP contribution < -0.4 is 15.7 Å². The van der Waals surface area contributed by atoms with Crippen LogP contribution >= 0.6 is 23.2 Å². The summed E-state index contributed by atoms with van der Waals surface area (Å²) in [5, 5.41) is 3.27. The lowest BCUT2D eigenvalue weighted by molar-refractivity contribution is 0.0863. The lowest BCUT2D eigenvalue weighted by Crippen LogP contribution is -2.32. The van der Waals surface area contributed by atoms with Gasteiger partial charge in [-0.25, -0.2) is 4.39 Å². The minimum atomic E-state index is -0.634. The number of hydrogen-bond donors (Lipinski definition) is 1. The Hall–Kier alpha value is -2.83. The summed E-state index contributed by atoms with van der Waals surface area (Å²) >= 11 is 11.8. The van der Waals surface area contributed by atoms with E-state index in [0.717, 1.165) is 4.73 Å². The fourth-order valence-electron chi connectivity index (χ4n) is 2.30. The summed E-state index contributed by atoms with van der Waals surface area (Å²) in [5.74, 6) is -0.992. The molecule has 3 aromatic rings. The first-order valence-corrected chi connectivity index (χ1v) is 8.55. The molecule has 1 amide bonds. The maximum Gasteiger partial charge on any atom is 0.295 e. The van der Waals surface area contributed by atoms with E-state index in [1.54, 1.807) is 12.1 Å². The van der Waals surface area contributed by atoms with E-state index in [9.17, 15) is 14.0 Å². The van der Waals surface area contributed by atoms with Crippen molar-refractivity contribution in [2.24, 2.45) is 0 Å². The predicted octanol–water partition coefficient (Wildman–Crippen LogP) is 4.18. The standard InChI is InChI=1S/C19H13Cl2FN2O3/c20-13-8-14(21)10-16(9-13)23-18(25)17-2-1-7-24(19(17)26)27-11-12-3-5-15(22)6-4-12/h1-10H,11H2,(H,23,25). The molecular formula is C19H13Cl2FN2O3. The summed E-state index contributed by atoms with van der Waals surface area (Å²) in [6, 6.07) is 13.1. The molecule has 1 heterocycles. The third-order valence-electron chi connectivity index (χ3n) is 3.56. The van der Waals surface area contributed by atoms with Gasteiger partial charge in [0.2, 0.25) is 0 Å². The third kappa shape index (κ3) is 4.87. The molecule has 0 saturated heterocycles. The SMILES string of the molecule is O=C(Nc1cc(Cl)cc(Cl)c1)c1cccn(OCc2ccc(F)cc2)c1=O. The molecule has 0 bridgehead atoms. The van der Waals surface area contributed by atoms with Crippen LogP contribution in [-0.4, -0.2) is 10.6 Å². The van der Waals surface area contributed by atoms with Crippen molar-refractivity contribution in [3.63, 3.8) is 0 Å². The molecule has 2 aromatic carbocycles. The second-order valence-electron chi connectivity index (χ2n) is 5.56. The number of pyridine rings is 1. The zero-order valence-electron chi connectivity index (χ0n) is 13.8. The molecule has 0 aliphatic rings. The number of anilines is 1. The predicted molar refractivity (Wildman–Crippen MR) is 102 cm³/mol. The van der Waals surface area contributed by atoms with E-state index in [0.29, 0.717) is 21.3 Å². The third-order valence-corrected chi connectivity index (χ3v) is 4.00. The smallest absolute Gasteiger partial charge is 0.295 e. The van der Waals surface area contributed by atoms with Crippen molar-refractivity contribution in [1.29, 1.82) is 0 Å². The molecule has 0 unspecified atom stereocenters. The van der Waals surface area contributed by atoms with Crippen molar-refractivity contribution < 1.29 is 14.0 Å². The van der Waals surface area contributed by atoms with Gasteiger partial charge in [-0.2, -0.15) is 4.73 Å². The Balaban J connectivity index is 1.76. The molecule has 0 aliphatic carbocycles. The van der Waals surface area contributed by atoms with Crippen LogP contribution in [0.5, 0.6) is 0 Å². The first-order chi connectivity index (χ1) is 12.9. The minimum Gasteiger partial charge on any atom is -0.406 e. The summed E-state index contributed by atoms with van der Waals surface area (Å²) in [6.45, 7) is 0.0369. The Morgan fingerprint density at radius 3 is 2.41 bits per heavy atom. The first-order valence-electron chi connectivity index (χ1n) is 7.79. The van der Waals surface area contributed by atoms with Crippen molar-refractivity contribution in [3.8, 4) is 0 Å². The van der Waals surface area contributed by atoms with Gasteiger partial charge in [0.15, 0.2) is 0 Å². The maximum atomic E-state index is 12.9. The van der Waals surface area contributed by atoms with Crippen molar-refractivity contribution in [2.75, 3.05) is 5.32 Å². The van der Waals surface area contributed by atoms with Gasteiger partial charge in [-0.05, 0) is 48.0 Å². The number of rotatable bonds is 5. The van der Waals surface area contributed by atoms with Crippen LogP contribution in [0.25, 0.3) is 0 Å². The van der Waals surface area contributed by atoms with Gasteiger partial charge in [-0.3, -0.25) is 9.59 Å². The molecular weight excluding hydrogens is 394 g/mol. The van der Waals surface area contributed by atoms with E-state index >= 15 is 0 Å². The first kappa shape index (κ1) is 18.9. The number of aromatic nitrogens is 1. The van der Waals surface area contributed by atoms with Crippen LogP contribution in [0.3, 0.4) is 0 Å². The molecule has 8 heteroatoms. The lowest BCUT2D eigenvalue weighted by atomic mass is 10.2. The summed E-state index contributed by atoms with van der Waals surface area (Å²) in [4.78, 5) is 30.3. The number of halogens is 3. The van der Waals surface area contributed by atoms with Gasteiger partial charge in [0, 0.05) is 21.9 Å². The second kappa shape index (κ2) is 8.24. The normalized spacial score (nSPS) is 10.5. The highest BCUT2D eigenvalue weighted by molar-refractivity contribution is 6.35. The number of benzene rings is 2. The van der Waals surface area contributed by atoms with Crippen LogP contribution in [0.2, 0.25) is 10.0 Å². The van der Waals surface area contributed by atoms with Gasteiger partial charge < -0.3 is 10.2 Å². The number of carbonyl (C=O) groups excluding carboxylic acids is 1. The second-order valence-corrected chi connectivity index (χ2v) is 6.44. The Kier molecular flexibility index (Phi) is 5.78. The summed E-state index contributed by atoms with van der Waals surface area (Å²) in [5.41, 5.74) is 0.282. The Bertz CT molecular complexity index is 1020. The van der Waals surface area contributed by atoms with Gasteiger partial charge in [-0.1, -0.05) is 35.3 Å². The van der Waals surface area contributed by atoms with Crippen LogP contribution in [0.4, 0.5) is 10.1 Å². The molecule has 0 fully saturated rings. The highest BCUT2D eigenvalue weighted by Crippen LogP contribution is 2.22. The zero-order valence-corrected chi connectivity index (χ0v) is 15.3. The average molecular weight is 407 g/mol. The molecule has 0 radical (unpaired) electrons. The Labute approximate surface area is 163 Å². The maximum absolute atomic E-state index is 12.9. The summed E-state index contributed by atoms with van der Waals surface area (Å²) < 4.78 is 13.9. The molecule has 0 aliphatic heterocycles. The molecule has 5 nitrogen and oxygen atoms in total. The average Bonchev–Trinajstić information content (AvgIpc) is 2.61. The van der Waals surface area contributed by atoms with Crippen LogP contribution in [0, 0.1) is 5.82 Å². The molecule has 0 atom stereocenters. The van der Waals surface area contributed by atoms with E-state index in [1.165, 1.54) is 48.7 Å². The van der Waals surface area contributed by atoms with E-state index in [2.05, 4.69) is 5.32 Å². The lowest BCUT2D eigenvalue weighted by Gasteiger charge is -2.10. The molecule has 3 rings (SSSR count). The van der Waals surface area contributed by atoms with Crippen LogP contribution in [0.1, 0.15) is 15.9 Å². The quantitative estimate of drug-likeness (QED) is 0.691. The largest absolute Gasteiger partial charge is 0.406 e. The fourth-order valence-corrected chi connectivity index (χ4v) is 2.82. The molecule has 27 heavy (non-hydrogen) atoms. The molecule has 0 spiro atoms. The highest BCUT2D eigenvalue weighted by atomic mass is 35.5. The number of nitrogens with one attached hydrogen (secondary N) is 1. The van der Waals surface area contributed by atoms with E-state index < -0.39 is 11.5 Å². The van der Waals surface area contributed by atoms with Gasteiger partial charge >= 0.3 is 0 Å². The van der Waals surface area contributed by atoms with E-state index in [4.69, 9.17) is 28.0 Å². The summed E-state index contributed by atoms with van der Waals surface area (Å²) in [7, 11) is 0. The van der Waals surface area contributed by atoms with E-state index in [-0.39, 0.29) is 18.0 Å². The number of amides is 1. The monoisotopic (exact) mass is 406 g/mol. The van der Waals surface area contributed by atoms with Crippen molar-refractivity contribution in [3.05, 3.63) is 98.1 Å². The topological polar surface area (TPSA) is 60.3 Å². The Morgan fingerprint density at radius 1 is 1.07 bits per heavy atom. The molecule has 138 valence electrons. The van der Waals surface area contributed by atoms with Gasteiger partial charge in [0.05, 0.1) is 0 Å². The zero-order chi connectivity index (χ0) is 19.4. The van der Waals surface area contributed by atoms with Crippen LogP contribution in [0.15, 0.2) is 65.6 Å². The summed E-state index contributed by atoms with van der Waals surface area (Å²) in [6.07, 6.45) is 1.39. The number of carbonyl (C=O) groups is 1. The minimum absolute atomic E-state index is 0.0369. The fraction of sp³-hybridized carbons (Fsp3) is 0.0526. The van der Waals surface area contributed by atoms with Crippen LogP contribution in [-0.2, 0) is 6.61 Å². The van der Waals surface area contributed by atoms with Gasteiger partial charge in [0.1, 0.15) is 18.0 Å². The van der Waals surface area contributed by atoms with E-state index in [1.807, 2.05) is 0 Å². The Morgan fingerprint density at radius 2 is 1.74 bits per heavy atom. The molecule has 0 saturated carbocycles. The van der Waals surface area contributed by atoms with Gasteiger partial charge in [0.25, 0.3) is 11.5 Å². The highest BCUT2D eigenvalue weighted by Gasteiger charge is 2.14. The van der Waals surface area contributed by atoms with Crippen molar-refractivity contribution in [1.82, 2.24) is 4.73 Å². The molecule has 1 aromatic heterocycles.